The normalized spacial score (nSPS) is 14.5. The molecule has 2 aromatic carbocycles. The third-order valence-corrected chi connectivity index (χ3v) is 7.12. The molecule has 0 unspecified atom stereocenters. The number of carbonyl (C=O) groups is 2. The van der Waals surface area contributed by atoms with Gasteiger partial charge in [-0.3, -0.25) is 14.1 Å². The summed E-state index contributed by atoms with van der Waals surface area (Å²) in [7, 11) is -4.42. The van der Waals surface area contributed by atoms with Crippen LogP contribution in [-0.4, -0.2) is 70.5 Å². The third-order valence-electron chi connectivity index (χ3n) is 5.78. The Kier molecular flexibility index (Phi) is 7.75. The van der Waals surface area contributed by atoms with Crippen LogP contribution < -0.4 is 9.86 Å². The molecule has 1 saturated heterocycles. The van der Waals surface area contributed by atoms with Gasteiger partial charge in [0.15, 0.2) is 10.1 Å². The molecule has 1 fully saturated rings. The van der Waals surface area contributed by atoms with Crippen LogP contribution in [0.2, 0.25) is 0 Å². The van der Waals surface area contributed by atoms with Gasteiger partial charge in [-0.05, 0) is 30.3 Å². The van der Waals surface area contributed by atoms with Crippen molar-refractivity contribution in [2.45, 2.75) is 30.3 Å². The number of rotatable bonds is 7. The fourth-order valence-corrected chi connectivity index (χ4v) is 4.78. The molecule has 3 aromatic rings. The number of carbonyl (C=O) groups excluding carboxylic acids is 2. The van der Waals surface area contributed by atoms with Gasteiger partial charge in [-0.1, -0.05) is 22.0 Å². The minimum atomic E-state index is -4.42. The number of piperidine rings is 1. The van der Waals surface area contributed by atoms with Gasteiger partial charge in [0, 0.05) is 48.6 Å². The molecule has 13 nitrogen and oxygen atoms in total. The van der Waals surface area contributed by atoms with Crippen LogP contribution in [0.3, 0.4) is 0 Å². The molecule has 1 amide bonds. The van der Waals surface area contributed by atoms with Gasteiger partial charge in [0.1, 0.15) is 6.10 Å². The zero-order chi connectivity index (χ0) is 26.7. The molecular formula is C22H23BrN5O8S+. The van der Waals surface area contributed by atoms with Crippen molar-refractivity contribution in [3.63, 3.8) is 0 Å². The second kappa shape index (κ2) is 10.8. The largest absolute Gasteiger partial charge is 0.462 e. The van der Waals surface area contributed by atoms with E-state index in [0.29, 0.717) is 34.9 Å². The molecular weight excluding hydrogens is 574 g/mol. The van der Waals surface area contributed by atoms with Crippen molar-refractivity contribution in [3.05, 3.63) is 57.4 Å². The number of nitrogens with one attached hydrogen (secondary N) is 1. The monoisotopic (exact) mass is 596 g/mol. The van der Waals surface area contributed by atoms with E-state index in [1.807, 2.05) is 0 Å². The van der Waals surface area contributed by atoms with Gasteiger partial charge < -0.3 is 20.2 Å². The number of ether oxygens (including phenoxy) is 1. The number of likely N-dealkylation sites (tertiary alicyclic amines) is 1. The molecule has 4 rings (SSSR count). The Labute approximate surface area is 219 Å². The number of anilines is 1. The van der Waals surface area contributed by atoms with Crippen molar-refractivity contribution in [3.8, 4) is 0 Å². The predicted octanol–water partition coefficient (Wildman–Crippen LogP) is 1.85. The molecule has 1 aliphatic rings. The van der Waals surface area contributed by atoms with Crippen LogP contribution in [0, 0.1) is 4.91 Å². The molecule has 2 heterocycles. The molecule has 1 aliphatic heterocycles. The highest BCUT2D eigenvalue weighted by molar-refractivity contribution is 9.10. The van der Waals surface area contributed by atoms with Crippen LogP contribution in [0.15, 0.2) is 51.8 Å². The minimum Gasteiger partial charge on any atom is -0.462 e. The summed E-state index contributed by atoms with van der Waals surface area (Å²) < 4.78 is 39.0. The van der Waals surface area contributed by atoms with Gasteiger partial charge in [-0.25, -0.2) is 0 Å². The third kappa shape index (κ3) is 6.23. The fourth-order valence-electron chi connectivity index (χ4n) is 3.91. The molecule has 0 saturated carbocycles. The summed E-state index contributed by atoms with van der Waals surface area (Å²) in [6.45, 7) is 0.655. The van der Waals surface area contributed by atoms with Crippen LogP contribution in [0.4, 0.5) is 5.95 Å². The summed E-state index contributed by atoms with van der Waals surface area (Å²) in [5, 5.41) is 16.8. The summed E-state index contributed by atoms with van der Waals surface area (Å²) in [6, 6.07) is 9.86. The lowest BCUT2D eigenvalue weighted by Gasteiger charge is -2.31. The second-order valence-electron chi connectivity index (χ2n) is 8.30. The molecule has 0 atom stereocenters. The second-order valence-corrected chi connectivity index (χ2v) is 10.6. The first kappa shape index (κ1) is 26.5. The average Bonchev–Trinajstić information content (AvgIpc) is 2.86. The predicted molar refractivity (Wildman–Crippen MR) is 132 cm³/mol. The Hall–Kier alpha value is -3.56. The van der Waals surface area contributed by atoms with E-state index in [4.69, 9.17) is 4.74 Å². The number of hydrogen-bond donors (Lipinski definition) is 3. The first-order valence-electron chi connectivity index (χ1n) is 11.2. The van der Waals surface area contributed by atoms with Gasteiger partial charge in [-0.2, -0.15) is 8.42 Å². The maximum absolute atomic E-state index is 12.7. The van der Waals surface area contributed by atoms with E-state index in [1.165, 1.54) is 35.2 Å². The fraction of sp³-hybridized carbons (Fsp3) is 0.318. The number of hydrogen-bond acceptors (Lipinski definition) is 9. The topological polar surface area (TPSA) is 174 Å². The average molecular weight is 597 g/mol. The maximum Gasteiger partial charge on any atom is 0.323 e. The smallest absolute Gasteiger partial charge is 0.323 e. The zero-order valence-electron chi connectivity index (χ0n) is 19.3. The highest BCUT2D eigenvalue weighted by Gasteiger charge is 2.27. The molecule has 0 bridgehead atoms. The van der Waals surface area contributed by atoms with E-state index in [1.54, 1.807) is 6.07 Å². The molecule has 37 heavy (non-hydrogen) atoms. The van der Waals surface area contributed by atoms with Crippen LogP contribution in [0.1, 0.15) is 29.6 Å². The number of nitrogens with zero attached hydrogens (tertiary/aromatic N) is 4. The lowest BCUT2D eigenvalue weighted by Crippen LogP contribution is -2.41. The van der Waals surface area contributed by atoms with E-state index in [-0.39, 0.29) is 46.3 Å². The van der Waals surface area contributed by atoms with Crippen LogP contribution in [0.25, 0.3) is 11.0 Å². The van der Waals surface area contributed by atoms with Crippen molar-refractivity contribution in [2.24, 2.45) is 0 Å². The number of fused-ring (bicyclic) bond motifs is 1. The summed E-state index contributed by atoms with van der Waals surface area (Å²) >= 11 is 3.25. The van der Waals surface area contributed by atoms with Crippen molar-refractivity contribution in [1.29, 1.82) is 0 Å². The summed E-state index contributed by atoms with van der Waals surface area (Å²) in [5.41, 5.74) is 0.509. The molecule has 15 heteroatoms. The molecule has 1 aromatic heterocycles. The van der Waals surface area contributed by atoms with Crippen molar-refractivity contribution in [2.75, 3.05) is 25.0 Å². The van der Waals surface area contributed by atoms with Crippen LogP contribution in [0.5, 0.6) is 0 Å². The standard InChI is InChI=1S/C22H22BrN5O8S/c23-15-4-5-18-19(13-15)28(32)25-22(27(18)31)24-9-6-20(29)36-16-7-10-26(11-8-16)21(30)14-2-1-3-17(12-14)37(33,34)35/h1-5,12-13,16,31H,6-11H2,(H-,24,25,32,33,34,35)/p+1. The van der Waals surface area contributed by atoms with Gasteiger partial charge >= 0.3 is 17.4 Å². The van der Waals surface area contributed by atoms with Crippen molar-refractivity contribution >= 4 is 54.9 Å². The van der Waals surface area contributed by atoms with Gasteiger partial charge in [0.05, 0.1) is 21.3 Å². The van der Waals surface area contributed by atoms with E-state index in [9.17, 15) is 32.7 Å². The SMILES string of the molecule is O=C(CCNc1n[n+](=O)c2cc(Br)ccc2n1O)OC1CCN(C(=O)c2cccc(S(=O)(=O)O)c2)CC1. The highest BCUT2D eigenvalue weighted by Crippen LogP contribution is 2.20. The van der Waals surface area contributed by atoms with Gasteiger partial charge in [-0.15, -0.1) is 4.73 Å². The van der Waals surface area contributed by atoms with Gasteiger partial charge in [0.2, 0.25) is 0 Å². The number of amides is 1. The molecule has 0 spiro atoms. The maximum atomic E-state index is 12.7. The Bertz CT molecular complexity index is 1520. The Morgan fingerprint density at radius 2 is 1.92 bits per heavy atom. The van der Waals surface area contributed by atoms with Crippen LogP contribution >= 0.6 is 15.9 Å². The minimum absolute atomic E-state index is 0.0515. The quantitative estimate of drug-likeness (QED) is 0.158. The molecule has 196 valence electrons. The lowest BCUT2D eigenvalue weighted by molar-refractivity contribution is -0.535. The lowest BCUT2D eigenvalue weighted by atomic mass is 10.1. The first-order valence-corrected chi connectivity index (χ1v) is 13.4. The van der Waals surface area contributed by atoms with E-state index < -0.39 is 22.2 Å². The Balaban J connectivity index is 1.26. The Morgan fingerprint density at radius 1 is 1.19 bits per heavy atom. The zero-order valence-corrected chi connectivity index (χ0v) is 21.7. The Morgan fingerprint density at radius 3 is 2.62 bits per heavy atom. The summed E-state index contributed by atoms with van der Waals surface area (Å²) in [6.07, 6.45) is 0.347. The molecule has 3 N–H and O–H groups in total. The number of aromatic nitrogens is 3. The van der Waals surface area contributed by atoms with Gasteiger partial charge in [0.25, 0.3) is 16.0 Å². The van der Waals surface area contributed by atoms with E-state index in [0.717, 1.165) is 10.8 Å². The number of halogens is 1. The summed E-state index contributed by atoms with van der Waals surface area (Å²) in [5.74, 6) is -1.02. The molecule has 0 aliphatic carbocycles. The number of esters is 1. The van der Waals surface area contributed by atoms with Crippen LogP contribution in [-0.2, 0) is 19.6 Å². The summed E-state index contributed by atoms with van der Waals surface area (Å²) in [4.78, 5) is 38.3. The highest BCUT2D eigenvalue weighted by atomic mass is 79.9. The number of benzene rings is 2. The van der Waals surface area contributed by atoms with Crippen molar-refractivity contribution < 1.29 is 37.0 Å². The molecule has 0 radical (unpaired) electrons. The van der Waals surface area contributed by atoms with Crippen molar-refractivity contribution in [1.82, 2.24) is 14.7 Å². The first-order chi connectivity index (χ1) is 17.5. The van der Waals surface area contributed by atoms with E-state index >= 15 is 0 Å². The van der Waals surface area contributed by atoms with E-state index in [2.05, 4.69) is 26.3 Å².